The van der Waals surface area contributed by atoms with Crippen molar-refractivity contribution < 1.29 is 9.59 Å². The number of nitrogens with one attached hydrogen (secondary N) is 2. The molecule has 0 spiro atoms. The summed E-state index contributed by atoms with van der Waals surface area (Å²) in [6, 6.07) is 4.51. The highest BCUT2D eigenvalue weighted by atomic mass is 32.1. The van der Waals surface area contributed by atoms with Crippen LogP contribution in [-0.4, -0.2) is 61.5 Å². The Bertz CT molecular complexity index is 548. The van der Waals surface area contributed by atoms with Gasteiger partial charge in [0.1, 0.15) is 6.54 Å². The number of piperazine rings is 1. The lowest BCUT2D eigenvalue weighted by molar-refractivity contribution is -0.123. The van der Waals surface area contributed by atoms with Crippen LogP contribution in [0.15, 0.2) is 17.5 Å². The second-order valence-corrected chi connectivity index (χ2v) is 7.28. The Kier molecular flexibility index (Phi) is 5.17. The van der Waals surface area contributed by atoms with Crippen molar-refractivity contribution in [1.82, 2.24) is 20.4 Å². The Labute approximate surface area is 140 Å². The van der Waals surface area contributed by atoms with Gasteiger partial charge in [0.25, 0.3) is 0 Å². The van der Waals surface area contributed by atoms with E-state index in [1.165, 1.54) is 4.88 Å². The molecule has 0 bridgehead atoms. The molecule has 7 heteroatoms. The molecule has 3 heterocycles. The van der Waals surface area contributed by atoms with Crippen molar-refractivity contribution >= 4 is 23.3 Å². The predicted octanol–water partition coefficient (Wildman–Crippen LogP) is 1.27. The minimum Gasteiger partial charge on any atom is -0.353 e. The molecule has 0 aliphatic carbocycles. The topological polar surface area (TPSA) is 64.7 Å². The number of nitrogens with zero attached hydrogens (tertiary/aromatic N) is 2. The van der Waals surface area contributed by atoms with Gasteiger partial charge in [-0.15, -0.1) is 11.3 Å². The quantitative estimate of drug-likeness (QED) is 0.874. The average Bonchev–Trinajstić information content (AvgIpc) is 3.06. The van der Waals surface area contributed by atoms with Crippen LogP contribution >= 0.6 is 11.3 Å². The van der Waals surface area contributed by atoms with Crippen LogP contribution in [0.4, 0.5) is 4.79 Å². The first-order valence-corrected chi connectivity index (χ1v) is 9.06. The first-order valence-electron chi connectivity index (χ1n) is 8.18. The van der Waals surface area contributed by atoms with Gasteiger partial charge in [-0.3, -0.25) is 9.69 Å². The highest BCUT2D eigenvalue weighted by Gasteiger charge is 2.32. The summed E-state index contributed by atoms with van der Waals surface area (Å²) in [5.41, 5.74) is 0. The minimum absolute atomic E-state index is 0.0831. The molecule has 3 amide bonds. The van der Waals surface area contributed by atoms with Gasteiger partial charge in [0, 0.05) is 30.6 Å². The Hall–Kier alpha value is -1.60. The summed E-state index contributed by atoms with van der Waals surface area (Å²) in [6.45, 7) is 3.03. The van der Waals surface area contributed by atoms with Crippen LogP contribution in [0.3, 0.4) is 0 Å². The fraction of sp³-hybridized carbons (Fsp3) is 0.625. The summed E-state index contributed by atoms with van der Waals surface area (Å²) >= 11 is 1.78. The fourth-order valence-corrected chi connectivity index (χ4v) is 4.51. The SMILES string of the molecule is CN1CCC[C@H](CNC(=O)N2CCNC(=O)C2)[C@H]1c1cccs1. The number of carbonyl (C=O) groups is 2. The number of urea groups is 1. The van der Waals surface area contributed by atoms with Crippen molar-refractivity contribution in [2.75, 3.05) is 39.8 Å². The number of piperidine rings is 1. The van der Waals surface area contributed by atoms with Crippen molar-refractivity contribution in [2.24, 2.45) is 5.92 Å². The van der Waals surface area contributed by atoms with Crippen molar-refractivity contribution in [3.63, 3.8) is 0 Å². The van der Waals surface area contributed by atoms with Gasteiger partial charge >= 0.3 is 6.03 Å². The van der Waals surface area contributed by atoms with Crippen LogP contribution in [-0.2, 0) is 4.79 Å². The molecule has 126 valence electrons. The molecule has 2 saturated heterocycles. The van der Waals surface area contributed by atoms with Gasteiger partial charge in [-0.25, -0.2) is 4.79 Å². The van der Waals surface area contributed by atoms with E-state index in [0.29, 0.717) is 31.6 Å². The maximum Gasteiger partial charge on any atom is 0.317 e. The van der Waals surface area contributed by atoms with Gasteiger partial charge in [-0.05, 0) is 43.8 Å². The molecular weight excluding hydrogens is 312 g/mol. The van der Waals surface area contributed by atoms with E-state index in [1.54, 1.807) is 16.2 Å². The molecule has 2 N–H and O–H groups in total. The number of rotatable bonds is 3. The number of likely N-dealkylation sites (tertiary alicyclic amines) is 1. The normalized spacial score (nSPS) is 26.0. The molecule has 0 unspecified atom stereocenters. The molecule has 23 heavy (non-hydrogen) atoms. The third-order valence-electron chi connectivity index (χ3n) is 4.68. The van der Waals surface area contributed by atoms with E-state index in [9.17, 15) is 9.59 Å². The average molecular weight is 336 g/mol. The van der Waals surface area contributed by atoms with Crippen molar-refractivity contribution in [1.29, 1.82) is 0 Å². The van der Waals surface area contributed by atoms with Crippen LogP contribution in [0.5, 0.6) is 0 Å². The number of hydrogen-bond acceptors (Lipinski definition) is 4. The predicted molar refractivity (Wildman–Crippen MR) is 90.4 cm³/mol. The maximum atomic E-state index is 12.3. The largest absolute Gasteiger partial charge is 0.353 e. The second kappa shape index (κ2) is 7.31. The number of amides is 3. The van der Waals surface area contributed by atoms with Crippen LogP contribution in [0.25, 0.3) is 0 Å². The van der Waals surface area contributed by atoms with Gasteiger partial charge in [0.15, 0.2) is 0 Å². The van der Waals surface area contributed by atoms with Crippen LogP contribution < -0.4 is 10.6 Å². The molecule has 1 aromatic rings. The molecule has 2 fully saturated rings. The Balaban J connectivity index is 1.59. The monoisotopic (exact) mass is 336 g/mol. The first kappa shape index (κ1) is 16.3. The standard InChI is InChI=1S/C16H24N4O2S/c1-19-7-2-4-12(15(19)13-5-3-9-23-13)10-18-16(22)20-8-6-17-14(21)11-20/h3,5,9,12,15H,2,4,6-8,10-11H2,1H3,(H,17,21)(H,18,22)/t12-,15+/m1/s1. The lowest BCUT2D eigenvalue weighted by Crippen LogP contribution is -2.54. The zero-order chi connectivity index (χ0) is 16.2. The van der Waals surface area contributed by atoms with E-state index in [4.69, 9.17) is 0 Å². The Morgan fingerprint density at radius 3 is 3.09 bits per heavy atom. The van der Waals surface area contributed by atoms with Gasteiger partial charge in [-0.1, -0.05) is 6.07 Å². The highest BCUT2D eigenvalue weighted by molar-refractivity contribution is 7.10. The van der Waals surface area contributed by atoms with Gasteiger partial charge < -0.3 is 15.5 Å². The summed E-state index contributed by atoms with van der Waals surface area (Å²) in [6.07, 6.45) is 2.28. The summed E-state index contributed by atoms with van der Waals surface area (Å²) in [4.78, 5) is 29.0. The second-order valence-electron chi connectivity index (χ2n) is 6.30. The van der Waals surface area contributed by atoms with Gasteiger partial charge in [0.05, 0.1) is 0 Å². The molecule has 1 aromatic heterocycles. The lowest BCUT2D eigenvalue weighted by atomic mass is 9.88. The van der Waals surface area contributed by atoms with E-state index >= 15 is 0 Å². The van der Waals surface area contributed by atoms with E-state index in [2.05, 4.69) is 40.1 Å². The molecule has 2 aliphatic heterocycles. The van der Waals surface area contributed by atoms with Crippen LogP contribution in [0, 0.1) is 5.92 Å². The molecule has 3 rings (SSSR count). The van der Waals surface area contributed by atoms with Crippen molar-refractivity contribution in [3.8, 4) is 0 Å². The lowest BCUT2D eigenvalue weighted by Gasteiger charge is -2.39. The van der Waals surface area contributed by atoms with Crippen LogP contribution in [0.2, 0.25) is 0 Å². The summed E-state index contributed by atoms with van der Waals surface area (Å²) < 4.78 is 0. The zero-order valence-corrected chi connectivity index (χ0v) is 14.3. The molecule has 2 aliphatic rings. The third-order valence-corrected chi connectivity index (χ3v) is 5.63. The highest BCUT2D eigenvalue weighted by Crippen LogP contribution is 2.36. The molecule has 6 nitrogen and oxygen atoms in total. The fourth-order valence-electron chi connectivity index (χ4n) is 3.52. The van der Waals surface area contributed by atoms with E-state index in [-0.39, 0.29) is 18.5 Å². The Morgan fingerprint density at radius 1 is 1.48 bits per heavy atom. The number of hydrogen-bond donors (Lipinski definition) is 2. The smallest absolute Gasteiger partial charge is 0.317 e. The summed E-state index contributed by atoms with van der Waals surface area (Å²) in [7, 11) is 2.16. The Morgan fingerprint density at radius 2 is 2.35 bits per heavy atom. The van der Waals surface area contributed by atoms with Crippen molar-refractivity contribution in [2.45, 2.75) is 18.9 Å². The summed E-state index contributed by atoms with van der Waals surface area (Å²) in [5.74, 6) is 0.329. The van der Waals surface area contributed by atoms with Crippen molar-refractivity contribution in [3.05, 3.63) is 22.4 Å². The molecule has 0 radical (unpaired) electrons. The van der Waals surface area contributed by atoms with Gasteiger partial charge in [0.2, 0.25) is 5.91 Å². The van der Waals surface area contributed by atoms with E-state index in [0.717, 1.165) is 19.4 Å². The van der Waals surface area contributed by atoms with Gasteiger partial charge in [-0.2, -0.15) is 0 Å². The molecule has 0 saturated carbocycles. The van der Waals surface area contributed by atoms with Crippen LogP contribution in [0.1, 0.15) is 23.8 Å². The maximum absolute atomic E-state index is 12.3. The minimum atomic E-state index is -0.127. The van der Waals surface area contributed by atoms with E-state index < -0.39 is 0 Å². The number of carbonyl (C=O) groups excluding carboxylic acids is 2. The third kappa shape index (κ3) is 3.84. The molecular formula is C16H24N4O2S. The molecule has 2 atom stereocenters. The number of thiophene rings is 1. The first-order chi connectivity index (χ1) is 11.1. The zero-order valence-electron chi connectivity index (χ0n) is 13.5. The summed E-state index contributed by atoms with van der Waals surface area (Å²) in [5, 5.41) is 7.89. The van der Waals surface area contributed by atoms with E-state index in [1.807, 2.05) is 0 Å². The molecule has 0 aromatic carbocycles.